The molecule has 1 rings (SSSR count). The number of ether oxygens (including phenoxy) is 1. The first-order chi connectivity index (χ1) is 8.33. The van der Waals surface area contributed by atoms with Gasteiger partial charge in [0.1, 0.15) is 5.75 Å². The average Bonchev–Trinajstić information content (AvgIpc) is 2.27. The second-order valence-corrected chi connectivity index (χ2v) is 5.52. The van der Waals surface area contributed by atoms with Crippen molar-refractivity contribution in [1.82, 2.24) is 5.32 Å². The predicted octanol–water partition coefficient (Wildman–Crippen LogP) is 2.44. The lowest BCUT2D eigenvalue weighted by molar-refractivity contribution is 0.0950. The first-order valence-electron chi connectivity index (χ1n) is 6.05. The Morgan fingerprint density at radius 3 is 2.61 bits per heavy atom. The Labute approximate surface area is 109 Å². The van der Waals surface area contributed by atoms with E-state index in [1.807, 2.05) is 0 Å². The van der Waals surface area contributed by atoms with Crippen LogP contribution in [-0.2, 0) is 0 Å². The molecule has 0 heterocycles. The summed E-state index contributed by atoms with van der Waals surface area (Å²) in [6.07, 6.45) is 0.919. The van der Waals surface area contributed by atoms with Crippen molar-refractivity contribution < 1.29 is 9.53 Å². The Bertz CT molecular complexity index is 422. The van der Waals surface area contributed by atoms with Crippen molar-refractivity contribution in [3.63, 3.8) is 0 Å². The van der Waals surface area contributed by atoms with Crippen LogP contribution in [0.25, 0.3) is 0 Å². The molecule has 4 heteroatoms. The van der Waals surface area contributed by atoms with E-state index < -0.39 is 0 Å². The molecule has 1 aromatic carbocycles. The van der Waals surface area contributed by atoms with Crippen molar-refractivity contribution in [3.05, 3.63) is 23.8 Å². The van der Waals surface area contributed by atoms with Gasteiger partial charge in [-0.3, -0.25) is 4.79 Å². The van der Waals surface area contributed by atoms with Gasteiger partial charge in [-0.05, 0) is 30.0 Å². The smallest absolute Gasteiger partial charge is 0.253 e. The van der Waals surface area contributed by atoms with Gasteiger partial charge in [0.25, 0.3) is 5.91 Å². The summed E-state index contributed by atoms with van der Waals surface area (Å²) in [5.74, 6) is 0.473. The van der Waals surface area contributed by atoms with Gasteiger partial charge < -0.3 is 15.8 Å². The molecule has 4 nitrogen and oxygen atoms in total. The summed E-state index contributed by atoms with van der Waals surface area (Å²) in [5.41, 5.74) is 6.91. The molecule has 18 heavy (non-hydrogen) atoms. The Morgan fingerprint density at radius 2 is 2.06 bits per heavy atom. The van der Waals surface area contributed by atoms with Crippen molar-refractivity contribution >= 4 is 11.6 Å². The van der Waals surface area contributed by atoms with Crippen molar-refractivity contribution in [1.29, 1.82) is 0 Å². The molecule has 0 aliphatic rings. The lowest BCUT2D eigenvalue weighted by Gasteiger charge is -2.18. The van der Waals surface area contributed by atoms with E-state index in [2.05, 4.69) is 26.1 Å². The number of carbonyl (C=O) groups excluding carboxylic acids is 1. The molecule has 0 atom stereocenters. The molecule has 3 N–H and O–H groups in total. The number of nitrogens with one attached hydrogen (secondary N) is 1. The molecule has 0 radical (unpaired) electrons. The van der Waals surface area contributed by atoms with Crippen LogP contribution in [0.1, 0.15) is 37.6 Å². The number of methoxy groups -OCH3 is 1. The third kappa shape index (κ3) is 4.28. The van der Waals surface area contributed by atoms with Crippen LogP contribution in [0.3, 0.4) is 0 Å². The molecule has 0 bridgehead atoms. The van der Waals surface area contributed by atoms with E-state index in [0.717, 1.165) is 6.42 Å². The van der Waals surface area contributed by atoms with Gasteiger partial charge in [-0.15, -0.1) is 0 Å². The zero-order chi connectivity index (χ0) is 13.8. The van der Waals surface area contributed by atoms with Gasteiger partial charge in [0, 0.05) is 12.2 Å². The fraction of sp³-hybridized carbons (Fsp3) is 0.500. The first kappa shape index (κ1) is 14.4. The number of hydrogen-bond acceptors (Lipinski definition) is 3. The minimum absolute atomic E-state index is 0.157. The average molecular weight is 250 g/mol. The van der Waals surface area contributed by atoms with E-state index in [1.165, 1.54) is 0 Å². The highest BCUT2D eigenvalue weighted by Crippen LogP contribution is 2.20. The number of nitrogen functional groups attached to an aromatic ring is 1. The maximum Gasteiger partial charge on any atom is 0.253 e. The third-order valence-electron chi connectivity index (χ3n) is 2.67. The molecule has 0 fully saturated rings. The van der Waals surface area contributed by atoms with Gasteiger partial charge in [0.2, 0.25) is 0 Å². The molecular formula is C14H22N2O2. The van der Waals surface area contributed by atoms with Crippen molar-refractivity contribution in [2.45, 2.75) is 27.2 Å². The largest absolute Gasteiger partial charge is 0.497 e. The van der Waals surface area contributed by atoms with Crippen molar-refractivity contribution in [3.8, 4) is 5.75 Å². The highest BCUT2D eigenvalue weighted by molar-refractivity contribution is 5.99. The molecule has 0 aliphatic heterocycles. The molecule has 1 amide bonds. The Balaban J connectivity index is 2.66. The van der Waals surface area contributed by atoms with Gasteiger partial charge in [-0.25, -0.2) is 0 Å². The zero-order valence-corrected chi connectivity index (χ0v) is 11.5. The number of anilines is 1. The number of amides is 1. The number of carbonyl (C=O) groups is 1. The van der Waals surface area contributed by atoms with Crippen LogP contribution in [0.15, 0.2) is 18.2 Å². The predicted molar refractivity (Wildman–Crippen MR) is 73.8 cm³/mol. The maximum atomic E-state index is 12.0. The summed E-state index contributed by atoms with van der Waals surface area (Å²) in [6, 6.07) is 5.07. The highest BCUT2D eigenvalue weighted by atomic mass is 16.5. The number of nitrogens with two attached hydrogens (primary N) is 1. The fourth-order valence-electron chi connectivity index (χ4n) is 1.51. The summed E-state index contributed by atoms with van der Waals surface area (Å²) in [6.45, 7) is 7.05. The van der Waals surface area contributed by atoms with Crippen LogP contribution in [0.2, 0.25) is 0 Å². The van der Waals surface area contributed by atoms with E-state index >= 15 is 0 Å². The van der Waals surface area contributed by atoms with E-state index in [4.69, 9.17) is 10.5 Å². The number of hydrogen-bond donors (Lipinski definition) is 2. The van der Waals surface area contributed by atoms with Crippen LogP contribution in [0, 0.1) is 5.41 Å². The summed E-state index contributed by atoms with van der Waals surface area (Å²) >= 11 is 0. The highest BCUT2D eigenvalue weighted by Gasteiger charge is 2.13. The van der Waals surface area contributed by atoms with Crippen LogP contribution in [0.5, 0.6) is 5.75 Å². The lowest BCUT2D eigenvalue weighted by atomic mass is 9.92. The minimum Gasteiger partial charge on any atom is -0.497 e. The molecule has 0 saturated carbocycles. The molecule has 100 valence electrons. The van der Waals surface area contributed by atoms with Gasteiger partial charge in [-0.2, -0.15) is 0 Å². The van der Waals surface area contributed by atoms with Crippen LogP contribution < -0.4 is 15.8 Å². The topological polar surface area (TPSA) is 64.3 Å². The summed E-state index contributed by atoms with van der Waals surface area (Å²) in [4.78, 5) is 12.0. The van der Waals surface area contributed by atoms with Gasteiger partial charge in [0.05, 0.1) is 12.7 Å². The van der Waals surface area contributed by atoms with E-state index in [-0.39, 0.29) is 11.3 Å². The van der Waals surface area contributed by atoms with Gasteiger partial charge in [-0.1, -0.05) is 20.8 Å². The molecular weight excluding hydrogens is 228 g/mol. The quantitative estimate of drug-likeness (QED) is 0.807. The molecule has 0 aromatic heterocycles. The Kier molecular flexibility index (Phi) is 4.59. The molecule has 1 aromatic rings. The summed E-state index contributed by atoms with van der Waals surface area (Å²) in [7, 11) is 1.56. The van der Waals surface area contributed by atoms with E-state index in [9.17, 15) is 4.79 Å². The fourth-order valence-corrected chi connectivity index (χ4v) is 1.51. The first-order valence-corrected chi connectivity index (χ1v) is 6.05. The Morgan fingerprint density at radius 1 is 1.39 bits per heavy atom. The monoisotopic (exact) mass is 250 g/mol. The number of rotatable bonds is 4. The van der Waals surface area contributed by atoms with Crippen LogP contribution >= 0.6 is 0 Å². The Hall–Kier alpha value is -1.71. The van der Waals surface area contributed by atoms with E-state index in [1.54, 1.807) is 25.3 Å². The molecule has 0 unspecified atom stereocenters. The molecule has 0 aliphatic carbocycles. The molecule has 0 spiro atoms. The second kappa shape index (κ2) is 5.76. The van der Waals surface area contributed by atoms with Crippen LogP contribution in [0.4, 0.5) is 5.69 Å². The SMILES string of the molecule is COc1ccc(N)c(C(=O)NCCC(C)(C)C)c1. The third-order valence-corrected chi connectivity index (χ3v) is 2.67. The minimum atomic E-state index is -0.157. The van der Waals surface area contributed by atoms with Crippen LogP contribution in [-0.4, -0.2) is 19.6 Å². The maximum absolute atomic E-state index is 12.0. The lowest BCUT2D eigenvalue weighted by Crippen LogP contribution is -2.27. The standard InChI is InChI=1S/C14H22N2O2/c1-14(2,3)7-8-16-13(17)11-9-10(18-4)5-6-12(11)15/h5-6,9H,7-8,15H2,1-4H3,(H,16,17). The molecule has 0 saturated heterocycles. The summed E-state index contributed by atoms with van der Waals surface area (Å²) < 4.78 is 5.08. The van der Waals surface area contributed by atoms with Gasteiger partial charge >= 0.3 is 0 Å². The summed E-state index contributed by atoms with van der Waals surface area (Å²) in [5, 5.41) is 2.87. The van der Waals surface area contributed by atoms with Gasteiger partial charge in [0.15, 0.2) is 0 Å². The zero-order valence-electron chi connectivity index (χ0n) is 11.5. The van der Waals surface area contributed by atoms with Crippen molar-refractivity contribution in [2.24, 2.45) is 5.41 Å². The van der Waals surface area contributed by atoms with Crippen molar-refractivity contribution in [2.75, 3.05) is 19.4 Å². The number of benzene rings is 1. The van der Waals surface area contributed by atoms with E-state index in [0.29, 0.717) is 23.5 Å². The normalized spacial score (nSPS) is 11.1. The second-order valence-electron chi connectivity index (χ2n) is 5.52.